The first-order chi connectivity index (χ1) is 14.4. The van der Waals surface area contributed by atoms with Crippen LogP contribution in [0.3, 0.4) is 0 Å². The third-order valence-electron chi connectivity index (χ3n) is 4.16. The fraction of sp³-hybridized carbons (Fsp3) is 0.190. The van der Waals surface area contributed by atoms with Crippen molar-refractivity contribution >= 4 is 56.8 Å². The van der Waals surface area contributed by atoms with Gasteiger partial charge in [-0.3, -0.25) is 14.9 Å². The van der Waals surface area contributed by atoms with Crippen molar-refractivity contribution in [2.45, 2.75) is 13.8 Å². The maximum Gasteiger partial charge on any atom is 0.270 e. The van der Waals surface area contributed by atoms with E-state index in [0.29, 0.717) is 34.7 Å². The van der Waals surface area contributed by atoms with Crippen molar-refractivity contribution in [2.24, 2.45) is 0 Å². The summed E-state index contributed by atoms with van der Waals surface area (Å²) in [5.41, 5.74) is 0.229. The number of nitrogens with zero attached hydrogens (tertiary/aromatic N) is 1. The average Bonchev–Trinajstić information content (AvgIpc) is 2.70. The molecule has 0 radical (unpaired) electrons. The minimum absolute atomic E-state index is 0.0451. The average molecular weight is 493 g/mol. The highest BCUT2D eigenvalue weighted by Crippen LogP contribution is 2.35. The van der Waals surface area contributed by atoms with Gasteiger partial charge >= 0.3 is 0 Å². The second-order valence-corrected chi connectivity index (χ2v) is 7.34. The lowest BCUT2D eigenvalue weighted by Gasteiger charge is -2.29. The van der Waals surface area contributed by atoms with Crippen molar-refractivity contribution in [3.63, 3.8) is 0 Å². The van der Waals surface area contributed by atoms with E-state index in [-0.39, 0.29) is 16.4 Å². The molecule has 1 saturated heterocycles. The number of benzene rings is 2. The van der Waals surface area contributed by atoms with Crippen LogP contribution in [0.15, 0.2) is 46.4 Å². The van der Waals surface area contributed by atoms with Gasteiger partial charge in [-0.1, -0.05) is 12.1 Å². The summed E-state index contributed by atoms with van der Waals surface area (Å²) >= 11 is 8.53. The SMILES string of the molecule is CCOc1cc(OCC)c(/C=C2\C(=O)NC(=S)N(c3ccccc3F)C2=O)cc1Br. The largest absolute Gasteiger partial charge is 0.493 e. The summed E-state index contributed by atoms with van der Waals surface area (Å²) in [6.07, 6.45) is 1.39. The monoisotopic (exact) mass is 492 g/mol. The minimum atomic E-state index is -0.735. The summed E-state index contributed by atoms with van der Waals surface area (Å²) < 4.78 is 26.1. The van der Waals surface area contributed by atoms with Crippen LogP contribution in [0.5, 0.6) is 11.5 Å². The minimum Gasteiger partial charge on any atom is -0.493 e. The summed E-state index contributed by atoms with van der Waals surface area (Å²) in [5, 5.41) is 2.25. The first-order valence-electron chi connectivity index (χ1n) is 9.12. The maximum atomic E-state index is 14.3. The Bertz CT molecular complexity index is 1060. The lowest BCUT2D eigenvalue weighted by atomic mass is 10.1. The maximum absolute atomic E-state index is 14.3. The van der Waals surface area contributed by atoms with E-state index >= 15 is 0 Å². The molecule has 0 aliphatic carbocycles. The number of nitrogens with one attached hydrogen (secondary N) is 1. The number of amides is 2. The molecular formula is C21H18BrFN2O4S. The Labute approximate surface area is 186 Å². The van der Waals surface area contributed by atoms with Crippen LogP contribution >= 0.6 is 28.1 Å². The number of carbonyl (C=O) groups is 2. The van der Waals surface area contributed by atoms with Crippen molar-refractivity contribution in [1.82, 2.24) is 5.32 Å². The number of para-hydroxylation sites is 1. The van der Waals surface area contributed by atoms with Crippen molar-refractivity contribution in [3.05, 3.63) is 57.8 Å². The van der Waals surface area contributed by atoms with Crippen LogP contribution in [0.4, 0.5) is 10.1 Å². The van der Waals surface area contributed by atoms with E-state index in [1.54, 1.807) is 18.2 Å². The van der Waals surface area contributed by atoms with Gasteiger partial charge in [0, 0.05) is 11.6 Å². The quantitative estimate of drug-likeness (QED) is 0.371. The highest BCUT2D eigenvalue weighted by Gasteiger charge is 2.35. The van der Waals surface area contributed by atoms with E-state index in [4.69, 9.17) is 21.7 Å². The molecule has 1 heterocycles. The molecule has 0 unspecified atom stereocenters. The second-order valence-electron chi connectivity index (χ2n) is 6.10. The lowest BCUT2D eigenvalue weighted by Crippen LogP contribution is -2.54. The highest BCUT2D eigenvalue weighted by atomic mass is 79.9. The molecule has 2 amide bonds. The fourth-order valence-corrected chi connectivity index (χ4v) is 3.62. The molecule has 0 saturated carbocycles. The molecule has 2 aromatic carbocycles. The molecule has 0 spiro atoms. The van der Waals surface area contributed by atoms with Gasteiger partial charge in [0.2, 0.25) is 0 Å². The smallest absolute Gasteiger partial charge is 0.270 e. The zero-order valence-electron chi connectivity index (χ0n) is 16.2. The standard InChI is InChI=1S/C21H18BrFN2O4S/c1-3-28-17-11-18(29-4-2)14(22)10-12(17)9-13-19(26)24-21(30)25(20(13)27)16-8-6-5-7-15(16)23/h5-11H,3-4H2,1-2H3,(H,24,26,30)/b13-9+. The van der Waals surface area contributed by atoms with Gasteiger partial charge in [-0.2, -0.15) is 0 Å². The molecular weight excluding hydrogens is 475 g/mol. The van der Waals surface area contributed by atoms with E-state index in [1.165, 1.54) is 24.3 Å². The van der Waals surface area contributed by atoms with Crippen molar-refractivity contribution in [2.75, 3.05) is 18.1 Å². The van der Waals surface area contributed by atoms with Gasteiger partial charge in [-0.15, -0.1) is 0 Å². The van der Waals surface area contributed by atoms with Gasteiger partial charge in [0.15, 0.2) is 5.11 Å². The lowest BCUT2D eigenvalue weighted by molar-refractivity contribution is -0.122. The summed E-state index contributed by atoms with van der Waals surface area (Å²) in [6.45, 7) is 4.50. The van der Waals surface area contributed by atoms with Gasteiger partial charge in [-0.05, 0) is 66.3 Å². The molecule has 1 aliphatic rings. The third kappa shape index (κ3) is 4.36. The molecule has 0 aromatic heterocycles. The summed E-state index contributed by atoms with van der Waals surface area (Å²) in [6, 6.07) is 9.05. The number of thiocarbonyl (C=S) groups is 1. The van der Waals surface area contributed by atoms with Crippen molar-refractivity contribution in [1.29, 1.82) is 0 Å². The van der Waals surface area contributed by atoms with E-state index < -0.39 is 17.6 Å². The van der Waals surface area contributed by atoms with Crippen LogP contribution in [0.1, 0.15) is 19.4 Å². The predicted molar refractivity (Wildman–Crippen MR) is 119 cm³/mol. The predicted octanol–water partition coefficient (Wildman–Crippen LogP) is 4.22. The number of halogens is 2. The van der Waals surface area contributed by atoms with Crippen LogP contribution in [0, 0.1) is 5.82 Å². The zero-order valence-corrected chi connectivity index (χ0v) is 18.6. The van der Waals surface area contributed by atoms with Crippen LogP contribution in [-0.4, -0.2) is 30.1 Å². The summed E-state index contributed by atoms with van der Waals surface area (Å²) in [7, 11) is 0. The van der Waals surface area contributed by atoms with Gasteiger partial charge < -0.3 is 9.47 Å². The summed E-state index contributed by atoms with van der Waals surface area (Å²) in [4.78, 5) is 26.6. The number of anilines is 1. The molecule has 1 fully saturated rings. The Morgan fingerprint density at radius 3 is 2.47 bits per heavy atom. The molecule has 0 atom stereocenters. The Morgan fingerprint density at radius 2 is 1.80 bits per heavy atom. The molecule has 2 aromatic rings. The molecule has 1 aliphatic heterocycles. The summed E-state index contributed by atoms with van der Waals surface area (Å²) in [5.74, 6) is -1.05. The van der Waals surface area contributed by atoms with E-state index in [9.17, 15) is 14.0 Å². The second kappa shape index (κ2) is 9.36. The zero-order chi connectivity index (χ0) is 21.8. The molecule has 156 valence electrons. The Hall–Kier alpha value is -2.78. The van der Waals surface area contributed by atoms with E-state index in [2.05, 4.69) is 21.2 Å². The van der Waals surface area contributed by atoms with Gasteiger partial charge in [0.05, 0.1) is 23.4 Å². The van der Waals surface area contributed by atoms with Crippen molar-refractivity contribution < 1.29 is 23.5 Å². The molecule has 0 bridgehead atoms. The van der Waals surface area contributed by atoms with Crippen molar-refractivity contribution in [3.8, 4) is 11.5 Å². The van der Waals surface area contributed by atoms with E-state index in [1.807, 2.05) is 13.8 Å². The van der Waals surface area contributed by atoms with Gasteiger partial charge in [0.1, 0.15) is 22.9 Å². The molecule has 30 heavy (non-hydrogen) atoms. The third-order valence-corrected chi connectivity index (χ3v) is 5.06. The fourth-order valence-electron chi connectivity index (χ4n) is 2.87. The first kappa shape index (κ1) is 21.9. The normalized spacial score (nSPS) is 15.4. The van der Waals surface area contributed by atoms with Gasteiger partial charge in [-0.25, -0.2) is 9.29 Å². The number of hydrogen-bond acceptors (Lipinski definition) is 5. The topological polar surface area (TPSA) is 67.9 Å². The number of hydrogen-bond donors (Lipinski definition) is 1. The first-order valence-corrected chi connectivity index (χ1v) is 10.3. The molecule has 9 heteroatoms. The highest BCUT2D eigenvalue weighted by molar-refractivity contribution is 9.10. The molecule has 1 N–H and O–H groups in total. The Balaban J connectivity index is 2.08. The molecule has 3 rings (SSSR count). The Kier molecular flexibility index (Phi) is 6.84. The van der Waals surface area contributed by atoms with Gasteiger partial charge in [0.25, 0.3) is 11.8 Å². The number of rotatable bonds is 6. The number of carbonyl (C=O) groups excluding carboxylic acids is 2. The molecule has 6 nitrogen and oxygen atoms in total. The van der Waals surface area contributed by atoms with E-state index in [0.717, 1.165) is 4.90 Å². The van der Waals surface area contributed by atoms with Crippen LogP contribution in [-0.2, 0) is 9.59 Å². The number of ether oxygens (including phenoxy) is 2. The van der Waals surface area contributed by atoms with Crippen LogP contribution < -0.4 is 19.7 Å². The van der Waals surface area contributed by atoms with Crippen LogP contribution in [0.25, 0.3) is 6.08 Å². The Morgan fingerprint density at radius 1 is 1.13 bits per heavy atom. The van der Waals surface area contributed by atoms with Crippen LogP contribution in [0.2, 0.25) is 0 Å².